The van der Waals surface area contributed by atoms with Crippen LogP contribution in [0.25, 0.3) is 0 Å². The van der Waals surface area contributed by atoms with Crippen LogP contribution in [0.1, 0.15) is 40.5 Å². The van der Waals surface area contributed by atoms with Crippen LogP contribution in [0.5, 0.6) is 0 Å². The van der Waals surface area contributed by atoms with Crippen LogP contribution in [0.3, 0.4) is 0 Å². The molecule has 2 unspecified atom stereocenters. The van der Waals surface area contributed by atoms with Gasteiger partial charge in [-0.15, -0.1) is 0 Å². The van der Waals surface area contributed by atoms with Crippen molar-refractivity contribution in [2.24, 2.45) is 5.92 Å². The topological polar surface area (TPSA) is 15.3 Å². The molecule has 1 fully saturated rings. The van der Waals surface area contributed by atoms with E-state index in [0.29, 0.717) is 6.04 Å². The van der Waals surface area contributed by atoms with E-state index >= 15 is 0 Å². The Balaban J connectivity index is 2.24. The number of nitrogens with zero attached hydrogens (tertiary/aromatic N) is 1. The zero-order valence-corrected chi connectivity index (χ0v) is 10.2. The van der Waals surface area contributed by atoms with Crippen LogP contribution in [-0.4, -0.2) is 36.6 Å². The molecular formula is C12H26N2. The van der Waals surface area contributed by atoms with E-state index in [4.69, 9.17) is 0 Å². The molecule has 2 heteroatoms. The molecule has 1 rings (SSSR count). The quantitative estimate of drug-likeness (QED) is 0.728. The lowest BCUT2D eigenvalue weighted by Gasteiger charge is -2.27. The van der Waals surface area contributed by atoms with E-state index in [2.05, 4.69) is 37.9 Å². The summed E-state index contributed by atoms with van der Waals surface area (Å²) in [6.45, 7) is 12.8. The lowest BCUT2D eigenvalue weighted by atomic mass is 10.0. The van der Waals surface area contributed by atoms with E-state index < -0.39 is 0 Å². The third kappa shape index (κ3) is 3.25. The highest BCUT2D eigenvalue weighted by atomic mass is 15.1. The normalized spacial score (nSPS) is 27.9. The zero-order chi connectivity index (χ0) is 10.6. The molecule has 1 heterocycles. The minimum atomic E-state index is 0.691. The predicted octanol–water partition coefficient (Wildman–Crippen LogP) is 2.10. The Morgan fingerprint density at radius 1 is 1.43 bits per heavy atom. The van der Waals surface area contributed by atoms with Crippen LogP contribution in [0.2, 0.25) is 0 Å². The summed E-state index contributed by atoms with van der Waals surface area (Å²) in [4.78, 5) is 2.55. The molecule has 2 atom stereocenters. The first-order valence-electron chi connectivity index (χ1n) is 6.12. The molecule has 84 valence electrons. The lowest BCUT2D eigenvalue weighted by Crippen LogP contribution is -2.36. The van der Waals surface area contributed by atoms with E-state index in [1.54, 1.807) is 0 Å². The molecule has 0 radical (unpaired) electrons. The molecule has 1 aliphatic rings. The predicted molar refractivity (Wildman–Crippen MR) is 62.6 cm³/mol. The van der Waals surface area contributed by atoms with Gasteiger partial charge in [0, 0.05) is 12.1 Å². The summed E-state index contributed by atoms with van der Waals surface area (Å²) in [7, 11) is 0. The zero-order valence-electron chi connectivity index (χ0n) is 10.2. The second-order valence-corrected chi connectivity index (χ2v) is 4.84. The van der Waals surface area contributed by atoms with Gasteiger partial charge in [0.25, 0.3) is 0 Å². The first-order valence-corrected chi connectivity index (χ1v) is 6.12. The van der Waals surface area contributed by atoms with Gasteiger partial charge in [0.05, 0.1) is 0 Å². The van der Waals surface area contributed by atoms with Crippen LogP contribution >= 0.6 is 0 Å². The van der Waals surface area contributed by atoms with E-state index in [1.807, 2.05) is 0 Å². The summed E-state index contributed by atoms with van der Waals surface area (Å²) >= 11 is 0. The summed E-state index contributed by atoms with van der Waals surface area (Å²) in [5, 5.41) is 3.60. The van der Waals surface area contributed by atoms with Crippen molar-refractivity contribution in [1.29, 1.82) is 0 Å². The fraction of sp³-hybridized carbons (Fsp3) is 1.00. The van der Waals surface area contributed by atoms with Gasteiger partial charge in [0.1, 0.15) is 0 Å². The molecule has 0 aliphatic carbocycles. The van der Waals surface area contributed by atoms with E-state index in [9.17, 15) is 0 Å². The molecule has 0 aromatic heterocycles. The average molecular weight is 198 g/mol. The summed E-state index contributed by atoms with van der Waals surface area (Å²) in [5.74, 6) is 0.876. The van der Waals surface area contributed by atoms with Crippen LogP contribution in [0, 0.1) is 5.92 Å². The molecule has 1 saturated heterocycles. The smallest absolute Gasteiger partial charge is 0.0105 e. The number of rotatable bonds is 5. The molecule has 0 spiro atoms. The third-order valence-corrected chi connectivity index (χ3v) is 3.56. The maximum Gasteiger partial charge on any atom is 0.0105 e. The monoisotopic (exact) mass is 198 g/mol. The van der Waals surface area contributed by atoms with Crippen molar-refractivity contribution in [1.82, 2.24) is 10.2 Å². The fourth-order valence-corrected chi connectivity index (χ4v) is 2.37. The highest BCUT2D eigenvalue weighted by molar-refractivity contribution is 4.81. The van der Waals surface area contributed by atoms with Crippen molar-refractivity contribution in [3.05, 3.63) is 0 Å². The first kappa shape index (κ1) is 12.0. The van der Waals surface area contributed by atoms with Crippen molar-refractivity contribution in [3.63, 3.8) is 0 Å². The minimum Gasteiger partial charge on any atom is -0.314 e. The van der Waals surface area contributed by atoms with E-state index in [-0.39, 0.29) is 0 Å². The summed E-state index contributed by atoms with van der Waals surface area (Å²) in [6.07, 6.45) is 2.67. The Morgan fingerprint density at radius 2 is 2.14 bits per heavy atom. The number of hydrogen-bond donors (Lipinski definition) is 1. The minimum absolute atomic E-state index is 0.691. The molecule has 0 amide bonds. The Labute approximate surface area is 89.1 Å². The maximum atomic E-state index is 3.60. The van der Waals surface area contributed by atoms with Crippen molar-refractivity contribution in [2.75, 3.05) is 19.6 Å². The standard InChI is InChI=1S/C12H26N2/c1-5-14(10(2)3)9-7-12-11(4)6-8-13-12/h10-13H,5-9H2,1-4H3. The molecule has 0 bridgehead atoms. The number of hydrogen-bond acceptors (Lipinski definition) is 2. The summed E-state index contributed by atoms with van der Waals surface area (Å²) in [6, 6.07) is 1.46. The van der Waals surface area contributed by atoms with Gasteiger partial charge in [-0.05, 0) is 52.2 Å². The Bertz CT molecular complexity index is 154. The van der Waals surface area contributed by atoms with Crippen LogP contribution in [0.15, 0.2) is 0 Å². The van der Waals surface area contributed by atoms with Gasteiger partial charge in [0.2, 0.25) is 0 Å². The molecule has 14 heavy (non-hydrogen) atoms. The van der Waals surface area contributed by atoms with Gasteiger partial charge < -0.3 is 10.2 Å². The second kappa shape index (κ2) is 5.72. The Kier molecular flexibility index (Phi) is 4.90. The van der Waals surface area contributed by atoms with Crippen LogP contribution in [0.4, 0.5) is 0 Å². The third-order valence-electron chi connectivity index (χ3n) is 3.56. The van der Waals surface area contributed by atoms with Crippen molar-refractivity contribution in [2.45, 2.75) is 52.6 Å². The largest absolute Gasteiger partial charge is 0.314 e. The van der Waals surface area contributed by atoms with Crippen molar-refractivity contribution < 1.29 is 0 Å². The van der Waals surface area contributed by atoms with E-state index in [0.717, 1.165) is 12.0 Å². The fourth-order valence-electron chi connectivity index (χ4n) is 2.37. The van der Waals surface area contributed by atoms with Crippen LogP contribution in [-0.2, 0) is 0 Å². The molecule has 0 aromatic rings. The van der Waals surface area contributed by atoms with Gasteiger partial charge in [-0.2, -0.15) is 0 Å². The molecular weight excluding hydrogens is 172 g/mol. The molecule has 2 nitrogen and oxygen atoms in total. The molecule has 0 aromatic carbocycles. The van der Waals surface area contributed by atoms with Gasteiger partial charge >= 0.3 is 0 Å². The van der Waals surface area contributed by atoms with Crippen molar-refractivity contribution in [3.8, 4) is 0 Å². The lowest BCUT2D eigenvalue weighted by molar-refractivity contribution is 0.217. The van der Waals surface area contributed by atoms with Crippen molar-refractivity contribution >= 4 is 0 Å². The van der Waals surface area contributed by atoms with Gasteiger partial charge in [-0.1, -0.05) is 13.8 Å². The highest BCUT2D eigenvalue weighted by Crippen LogP contribution is 2.17. The Morgan fingerprint density at radius 3 is 2.57 bits per heavy atom. The van der Waals surface area contributed by atoms with Gasteiger partial charge in [0.15, 0.2) is 0 Å². The van der Waals surface area contributed by atoms with Crippen LogP contribution < -0.4 is 5.32 Å². The molecule has 1 aliphatic heterocycles. The highest BCUT2D eigenvalue weighted by Gasteiger charge is 2.22. The summed E-state index contributed by atoms with van der Waals surface area (Å²) < 4.78 is 0. The van der Waals surface area contributed by atoms with E-state index in [1.165, 1.54) is 32.5 Å². The second-order valence-electron chi connectivity index (χ2n) is 4.84. The summed E-state index contributed by atoms with van der Waals surface area (Å²) in [5.41, 5.74) is 0. The maximum absolute atomic E-state index is 3.60. The average Bonchev–Trinajstić information content (AvgIpc) is 2.52. The SMILES string of the molecule is CCN(CCC1NCCC1C)C(C)C. The molecule has 0 saturated carbocycles. The Hall–Kier alpha value is -0.0800. The van der Waals surface area contributed by atoms with Gasteiger partial charge in [-0.25, -0.2) is 0 Å². The number of nitrogens with one attached hydrogen (secondary N) is 1. The van der Waals surface area contributed by atoms with Gasteiger partial charge in [-0.3, -0.25) is 0 Å². The first-order chi connectivity index (χ1) is 6.65. The molecule has 1 N–H and O–H groups in total.